The lowest BCUT2D eigenvalue weighted by Gasteiger charge is -2.60. The van der Waals surface area contributed by atoms with Gasteiger partial charge in [0.05, 0.1) is 11.0 Å². The molecule has 4 fully saturated rings. The van der Waals surface area contributed by atoms with Gasteiger partial charge in [0.15, 0.2) is 0 Å². The van der Waals surface area contributed by atoms with Gasteiger partial charge in [-0.1, -0.05) is 31.5 Å². The van der Waals surface area contributed by atoms with Gasteiger partial charge in [0, 0.05) is 11.8 Å². The van der Waals surface area contributed by atoms with Crippen LogP contribution in [0, 0.1) is 41.4 Å². The number of aryl methyl sites for hydroxylation is 1. The first-order valence-corrected chi connectivity index (χ1v) is 13.6. The zero-order valence-corrected chi connectivity index (χ0v) is 19.9. The maximum absolute atomic E-state index is 12.8. The number of Topliss-reactive ketones (excluding diaryl/α,β-unsaturated/α-hetero) is 1. The average molecular weight is 445 g/mol. The highest BCUT2D eigenvalue weighted by molar-refractivity contribution is 7.86. The largest absolute Gasteiger partial charge is 0.299 e. The highest BCUT2D eigenvalue weighted by atomic mass is 32.2. The highest BCUT2D eigenvalue weighted by Gasteiger charge is 2.60. The van der Waals surface area contributed by atoms with Crippen molar-refractivity contribution in [2.45, 2.75) is 89.6 Å². The fourth-order valence-electron chi connectivity index (χ4n) is 8.02. The standard InChI is InChI=1S/C26H36O4S/c1-17-4-7-20(8-5-17)31(28,29)30-19-12-14-25(2)18(16-19)6-9-21-22-10-11-24(27)26(22,3)15-13-23(21)25/h4-5,7-8,18-19,21-23H,6,9-16H2,1-3H3/t18-,19-,21+,22-,23+,25-,26-/m1/s1. The molecule has 0 heterocycles. The molecule has 1 aromatic rings. The van der Waals surface area contributed by atoms with E-state index in [1.165, 1.54) is 6.42 Å². The van der Waals surface area contributed by atoms with Gasteiger partial charge in [0.25, 0.3) is 10.1 Å². The molecule has 0 aromatic heterocycles. The van der Waals surface area contributed by atoms with Crippen molar-refractivity contribution in [1.82, 2.24) is 0 Å². The third-order valence-corrected chi connectivity index (χ3v) is 11.3. The Labute approximate surface area is 187 Å². The van der Waals surface area contributed by atoms with Gasteiger partial charge in [-0.2, -0.15) is 8.42 Å². The molecular formula is C26H36O4S. The van der Waals surface area contributed by atoms with E-state index in [0.717, 1.165) is 56.9 Å². The molecule has 0 amide bonds. The van der Waals surface area contributed by atoms with Crippen molar-refractivity contribution in [3.63, 3.8) is 0 Å². The number of benzene rings is 1. The topological polar surface area (TPSA) is 60.4 Å². The molecular weight excluding hydrogens is 408 g/mol. The summed E-state index contributed by atoms with van der Waals surface area (Å²) in [6.45, 7) is 6.64. The Morgan fingerprint density at radius 2 is 1.68 bits per heavy atom. The normalized spacial score (nSPS) is 42.5. The summed E-state index contributed by atoms with van der Waals surface area (Å²) in [4.78, 5) is 12.9. The van der Waals surface area contributed by atoms with Crippen LogP contribution in [0.1, 0.15) is 77.2 Å². The smallest absolute Gasteiger partial charge is 0.297 e. The second-order valence-corrected chi connectivity index (χ2v) is 12.9. The highest BCUT2D eigenvalue weighted by Crippen LogP contribution is 2.65. The van der Waals surface area contributed by atoms with E-state index in [9.17, 15) is 13.2 Å². The molecule has 0 N–H and O–H groups in total. The second kappa shape index (κ2) is 7.41. The van der Waals surface area contributed by atoms with Crippen molar-refractivity contribution in [2.75, 3.05) is 0 Å². The summed E-state index contributed by atoms with van der Waals surface area (Å²) in [5.74, 6) is 2.92. The average Bonchev–Trinajstić information content (AvgIpc) is 3.03. The molecule has 4 aliphatic carbocycles. The monoisotopic (exact) mass is 444 g/mol. The zero-order valence-electron chi connectivity index (χ0n) is 19.1. The fraction of sp³-hybridized carbons (Fsp3) is 0.731. The molecule has 0 saturated heterocycles. The van der Waals surface area contributed by atoms with Crippen LogP contribution < -0.4 is 0 Å². The van der Waals surface area contributed by atoms with E-state index in [-0.39, 0.29) is 21.8 Å². The Hall–Kier alpha value is -1.20. The van der Waals surface area contributed by atoms with E-state index in [0.29, 0.717) is 29.5 Å². The van der Waals surface area contributed by atoms with Crippen molar-refractivity contribution < 1.29 is 17.4 Å². The first kappa shape index (κ1) is 21.6. The summed E-state index contributed by atoms with van der Waals surface area (Å²) in [7, 11) is -3.72. The number of ketones is 1. The summed E-state index contributed by atoms with van der Waals surface area (Å²) < 4.78 is 31.4. The molecule has 0 aliphatic heterocycles. The van der Waals surface area contributed by atoms with Crippen LogP contribution in [-0.2, 0) is 19.1 Å². The van der Waals surface area contributed by atoms with Gasteiger partial charge >= 0.3 is 0 Å². The van der Waals surface area contributed by atoms with Gasteiger partial charge in [-0.15, -0.1) is 0 Å². The minimum absolute atomic E-state index is 0.0766. The number of fused-ring (bicyclic) bond motifs is 5. The lowest BCUT2D eigenvalue weighted by molar-refractivity contribution is -0.141. The fourth-order valence-corrected chi connectivity index (χ4v) is 9.13. The van der Waals surface area contributed by atoms with Crippen LogP contribution >= 0.6 is 0 Å². The number of rotatable bonds is 3. The second-order valence-electron chi connectivity index (χ2n) is 11.3. The number of carbonyl (C=O) groups excluding carboxylic acids is 1. The molecule has 7 atom stereocenters. The molecule has 0 radical (unpaired) electrons. The SMILES string of the molecule is Cc1ccc(S(=O)(=O)O[C@@H]2CC[C@]3(C)[C@H](CC[C@H]4[C@H]5CCC(=O)[C@]5(C)CC[C@@H]43)C2)cc1. The molecule has 0 bridgehead atoms. The van der Waals surface area contributed by atoms with Crippen LogP contribution in [0.25, 0.3) is 0 Å². The van der Waals surface area contributed by atoms with Gasteiger partial charge in [-0.3, -0.25) is 8.98 Å². The first-order valence-electron chi connectivity index (χ1n) is 12.2. The lowest BCUT2D eigenvalue weighted by atomic mass is 9.45. The van der Waals surface area contributed by atoms with E-state index in [1.54, 1.807) is 12.1 Å². The maximum Gasteiger partial charge on any atom is 0.297 e. The van der Waals surface area contributed by atoms with Crippen LogP contribution in [0.2, 0.25) is 0 Å². The Bertz CT molecular complexity index is 968. The van der Waals surface area contributed by atoms with Crippen LogP contribution in [0.4, 0.5) is 0 Å². The molecule has 4 nitrogen and oxygen atoms in total. The molecule has 0 unspecified atom stereocenters. The lowest BCUT2D eigenvalue weighted by Crippen LogP contribution is -2.54. The summed E-state index contributed by atoms with van der Waals surface area (Å²) in [6, 6.07) is 6.93. The van der Waals surface area contributed by atoms with E-state index in [1.807, 2.05) is 19.1 Å². The Morgan fingerprint density at radius 1 is 0.935 bits per heavy atom. The van der Waals surface area contributed by atoms with Gasteiger partial charge in [-0.05, 0) is 99.5 Å². The van der Waals surface area contributed by atoms with Gasteiger partial charge in [0.2, 0.25) is 0 Å². The van der Waals surface area contributed by atoms with Crippen LogP contribution in [0.15, 0.2) is 29.2 Å². The molecule has 0 spiro atoms. The van der Waals surface area contributed by atoms with E-state index in [2.05, 4.69) is 13.8 Å². The van der Waals surface area contributed by atoms with E-state index >= 15 is 0 Å². The van der Waals surface area contributed by atoms with Crippen molar-refractivity contribution in [1.29, 1.82) is 0 Å². The maximum atomic E-state index is 12.8. The summed E-state index contributed by atoms with van der Waals surface area (Å²) in [5, 5.41) is 0. The number of hydrogen-bond donors (Lipinski definition) is 0. The van der Waals surface area contributed by atoms with Crippen LogP contribution in [0.5, 0.6) is 0 Å². The molecule has 4 aliphatic rings. The molecule has 5 heteroatoms. The van der Waals surface area contributed by atoms with Gasteiger partial charge in [0.1, 0.15) is 5.78 Å². The van der Waals surface area contributed by atoms with E-state index in [4.69, 9.17) is 4.18 Å². The number of hydrogen-bond acceptors (Lipinski definition) is 4. The van der Waals surface area contributed by atoms with Crippen molar-refractivity contribution in [3.8, 4) is 0 Å². The summed E-state index contributed by atoms with van der Waals surface area (Å²) >= 11 is 0. The van der Waals surface area contributed by atoms with Crippen molar-refractivity contribution in [3.05, 3.63) is 29.8 Å². The minimum atomic E-state index is -3.72. The predicted molar refractivity (Wildman–Crippen MR) is 120 cm³/mol. The quantitative estimate of drug-likeness (QED) is 0.563. The first-order chi connectivity index (χ1) is 14.6. The molecule has 1 aromatic carbocycles. The Kier molecular flexibility index (Phi) is 5.17. The molecule has 170 valence electrons. The molecule has 4 saturated carbocycles. The molecule has 5 rings (SSSR count). The zero-order chi connectivity index (χ0) is 22.0. The third-order valence-electron chi connectivity index (χ3n) is 9.90. The Morgan fingerprint density at radius 3 is 2.42 bits per heavy atom. The van der Waals surface area contributed by atoms with Crippen LogP contribution in [-0.4, -0.2) is 20.3 Å². The molecule has 31 heavy (non-hydrogen) atoms. The number of carbonyl (C=O) groups is 1. The predicted octanol–water partition coefficient (Wildman–Crippen LogP) is 5.68. The van der Waals surface area contributed by atoms with Crippen molar-refractivity contribution >= 4 is 15.9 Å². The minimum Gasteiger partial charge on any atom is -0.299 e. The summed E-state index contributed by atoms with van der Waals surface area (Å²) in [6.07, 6.45) is 8.85. The van der Waals surface area contributed by atoms with Crippen molar-refractivity contribution in [2.24, 2.45) is 34.5 Å². The van der Waals surface area contributed by atoms with Gasteiger partial charge in [-0.25, -0.2) is 0 Å². The van der Waals surface area contributed by atoms with E-state index < -0.39 is 10.1 Å². The summed E-state index contributed by atoms with van der Waals surface area (Å²) in [5.41, 5.74) is 1.22. The van der Waals surface area contributed by atoms with Gasteiger partial charge < -0.3 is 0 Å². The Balaban J connectivity index is 1.30. The van der Waals surface area contributed by atoms with Crippen LogP contribution in [0.3, 0.4) is 0 Å². The third kappa shape index (κ3) is 3.42.